The molecule has 4 aromatic rings. The zero-order valence-corrected chi connectivity index (χ0v) is 25.6. The number of thiocarbonyl (C=S) groups is 1. The Bertz CT molecular complexity index is 1660. The molecule has 9 heteroatoms. The summed E-state index contributed by atoms with van der Waals surface area (Å²) in [4.78, 5) is 15.9. The number of amides is 1. The number of hydrogen-bond donors (Lipinski definition) is 1. The Morgan fingerprint density at radius 1 is 1.00 bits per heavy atom. The zero-order valence-electron chi connectivity index (χ0n) is 24.0. The van der Waals surface area contributed by atoms with Crippen LogP contribution in [0.4, 0.5) is 15.8 Å². The molecule has 216 valence electrons. The molecule has 1 amide bonds. The van der Waals surface area contributed by atoms with Gasteiger partial charge in [0.25, 0.3) is 5.91 Å². The number of anilines is 2. The standard InChI is InChI=1S/C33H31FN2O4S2/c1-20-11-12-21(34)17-28(20)39-19-26-24(15-16-27-30(26)36(4)31(37)33(2,3)35-27)25-14-13-22(18-29(25)38-5)40-32(41)42-23-9-7-6-8-10-23/h6-18,35H,19H2,1-5H3. The van der Waals surface area contributed by atoms with Gasteiger partial charge in [-0.05, 0) is 92.3 Å². The molecule has 1 heterocycles. The number of carbonyl (C=O) groups is 1. The molecule has 4 aromatic carbocycles. The predicted octanol–water partition coefficient (Wildman–Crippen LogP) is 8.01. The molecule has 42 heavy (non-hydrogen) atoms. The molecule has 0 aromatic heterocycles. The second-order valence-electron chi connectivity index (χ2n) is 10.4. The van der Waals surface area contributed by atoms with Crippen LogP contribution >= 0.6 is 24.0 Å². The number of likely N-dealkylation sites (N-methyl/N-ethyl adjacent to an activating group) is 1. The van der Waals surface area contributed by atoms with Crippen LogP contribution in [0.1, 0.15) is 25.0 Å². The maximum atomic E-state index is 14.1. The fourth-order valence-corrected chi connectivity index (χ4v) is 5.98. The molecule has 0 radical (unpaired) electrons. The number of ether oxygens (including phenoxy) is 3. The van der Waals surface area contributed by atoms with E-state index in [1.807, 2.05) is 75.4 Å². The van der Waals surface area contributed by atoms with Gasteiger partial charge in [-0.1, -0.05) is 30.3 Å². The lowest BCUT2D eigenvalue weighted by atomic mass is 9.91. The van der Waals surface area contributed by atoms with Crippen molar-refractivity contribution in [3.63, 3.8) is 0 Å². The Balaban J connectivity index is 1.54. The van der Waals surface area contributed by atoms with Crippen LogP contribution in [0.15, 0.2) is 83.8 Å². The molecule has 1 aliphatic heterocycles. The number of methoxy groups -OCH3 is 1. The highest BCUT2D eigenvalue weighted by molar-refractivity contribution is 8.22. The molecule has 0 fully saturated rings. The minimum Gasteiger partial charge on any atom is -0.496 e. The third-order valence-electron chi connectivity index (χ3n) is 7.04. The first-order chi connectivity index (χ1) is 20.1. The maximum Gasteiger partial charge on any atom is 0.251 e. The zero-order chi connectivity index (χ0) is 30.0. The highest BCUT2D eigenvalue weighted by Crippen LogP contribution is 2.45. The molecule has 0 atom stereocenters. The second kappa shape index (κ2) is 12.0. The molecular formula is C33H31FN2O4S2. The van der Waals surface area contributed by atoms with Gasteiger partial charge in [0.05, 0.1) is 18.5 Å². The molecule has 0 saturated heterocycles. The molecule has 0 unspecified atom stereocenters. The molecular weight excluding hydrogens is 572 g/mol. The number of fused-ring (bicyclic) bond motifs is 1. The number of carbonyl (C=O) groups excluding carboxylic acids is 1. The maximum absolute atomic E-state index is 14.1. The van der Waals surface area contributed by atoms with Crippen molar-refractivity contribution in [3.05, 3.63) is 95.8 Å². The Labute approximate surface area is 254 Å². The van der Waals surface area contributed by atoms with Crippen LogP contribution < -0.4 is 24.4 Å². The van der Waals surface area contributed by atoms with Gasteiger partial charge in [0.2, 0.25) is 4.38 Å². The molecule has 1 aliphatic rings. The van der Waals surface area contributed by atoms with Gasteiger partial charge in [-0.2, -0.15) is 0 Å². The fraction of sp³-hybridized carbons (Fsp3) is 0.212. The number of nitrogens with zero attached hydrogens (tertiary/aromatic N) is 1. The van der Waals surface area contributed by atoms with Crippen LogP contribution in [-0.2, 0) is 11.4 Å². The van der Waals surface area contributed by atoms with Crippen LogP contribution in [0.2, 0.25) is 0 Å². The summed E-state index contributed by atoms with van der Waals surface area (Å²) in [5, 5.41) is 3.36. The van der Waals surface area contributed by atoms with Gasteiger partial charge in [0.1, 0.15) is 35.2 Å². The number of aryl methyl sites for hydroxylation is 1. The van der Waals surface area contributed by atoms with E-state index in [9.17, 15) is 9.18 Å². The predicted molar refractivity (Wildman–Crippen MR) is 171 cm³/mol. The van der Waals surface area contributed by atoms with Crippen LogP contribution in [0, 0.1) is 12.7 Å². The third kappa shape index (κ3) is 6.07. The van der Waals surface area contributed by atoms with Gasteiger partial charge in [-0.3, -0.25) is 4.79 Å². The van der Waals surface area contributed by atoms with E-state index in [0.717, 1.165) is 32.8 Å². The van der Waals surface area contributed by atoms with Crippen molar-refractivity contribution < 1.29 is 23.4 Å². The van der Waals surface area contributed by atoms with Crippen molar-refractivity contribution in [1.82, 2.24) is 0 Å². The Kier molecular flexibility index (Phi) is 8.43. The summed E-state index contributed by atoms with van der Waals surface area (Å²) in [5.74, 6) is 1.04. The van der Waals surface area contributed by atoms with Gasteiger partial charge in [0, 0.05) is 35.2 Å². The highest BCUT2D eigenvalue weighted by atomic mass is 32.2. The quantitative estimate of drug-likeness (QED) is 0.170. The van der Waals surface area contributed by atoms with E-state index in [1.165, 1.54) is 23.9 Å². The van der Waals surface area contributed by atoms with Crippen molar-refractivity contribution in [2.75, 3.05) is 24.4 Å². The van der Waals surface area contributed by atoms with E-state index in [2.05, 4.69) is 5.32 Å². The fourth-order valence-electron chi connectivity index (χ4n) is 4.97. The van der Waals surface area contributed by atoms with Gasteiger partial charge in [0.15, 0.2) is 0 Å². The van der Waals surface area contributed by atoms with E-state index in [1.54, 1.807) is 31.2 Å². The van der Waals surface area contributed by atoms with Crippen molar-refractivity contribution >= 4 is 45.6 Å². The first-order valence-corrected chi connectivity index (χ1v) is 14.5. The minimum absolute atomic E-state index is 0.0851. The molecule has 0 bridgehead atoms. The monoisotopic (exact) mass is 602 g/mol. The SMILES string of the molecule is COc1cc(OC(=S)Sc2ccccc2)ccc1-c1ccc2c(c1COc1cc(F)ccc1C)N(C)C(=O)C(C)(C)N2. The molecule has 5 rings (SSSR count). The first-order valence-electron chi connectivity index (χ1n) is 13.3. The van der Waals surface area contributed by atoms with Crippen LogP contribution in [0.5, 0.6) is 17.2 Å². The summed E-state index contributed by atoms with van der Waals surface area (Å²) in [5.41, 5.74) is 3.82. The van der Waals surface area contributed by atoms with E-state index in [-0.39, 0.29) is 18.3 Å². The highest BCUT2D eigenvalue weighted by Gasteiger charge is 2.38. The third-order valence-corrected chi connectivity index (χ3v) is 8.13. The smallest absolute Gasteiger partial charge is 0.251 e. The van der Waals surface area contributed by atoms with E-state index >= 15 is 0 Å². The number of hydrogen-bond acceptors (Lipinski definition) is 7. The largest absolute Gasteiger partial charge is 0.496 e. The van der Waals surface area contributed by atoms with Gasteiger partial charge < -0.3 is 24.4 Å². The Morgan fingerprint density at radius 3 is 2.48 bits per heavy atom. The van der Waals surface area contributed by atoms with Crippen LogP contribution in [0.25, 0.3) is 11.1 Å². The average Bonchev–Trinajstić information content (AvgIpc) is 2.96. The van der Waals surface area contributed by atoms with Crippen molar-refractivity contribution in [2.45, 2.75) is 37.8 Å². The van der Waals surface area contributed by atoms with E-state index in [4.69, 9.17) is 26.4 Å². The summed E-state index contributed by atoms with van der Waals surface area (Å²) < 4.78 is 32.3. The summed E-state index contributed by atoms with van der Waals surface area (Å²) in [6.07, 6.45) is 0. The lowest BCUT2D eigenvalue weighted by Crippen LogP contribution is -2.52. The normalized spacial score (nSPS) is 13.7. The number of halogens is 1. The number of benzene rings is 4. The summed E-state index contributed by atoms with van der Waals surface area (Å²) in [7, 11) is 3.34. The molecule has 0 spiro atoms. The summed E-state index contributed by atoms with van der Waals surface area (Å²) in [6, 6.07) is 23.6. The lowest BCUT2D eigenvalue weighted by Gasteiger charge is -2.39. The molecule has 0 saturated carbocycles. The van der Waals surface area contributed by atoms with Crippen LogP contribution in [-0.4, -0.2) is 30.0 Å². The summed E-state index contributed by atoms with van der Waals surface area (Å²) >= 11 is 6.82. The molecule has 1 N–H and O–H groups in total. The van der Waals surface area contributed by atoms with Gasteiger partial charge in [-0.15, -0.1) is 0 Å². The summed E-state index contributed by atoms with van der Waals surface area (Å²) in [6.45, 7) is 5.63. The Morgan fingerprint density at radius 2 is 1.74 bits per heavy atom. The van der Waals surface area contributed by atoms with Crippen molar-refractivity contribution in [2.24, 2.45) is 0 Å². The van der Waals surface area contributed by atoms with Gasteiger partial charge >= 0.3 is 0 Å². The number of thioether (sulfide) groups is 1. The lowest BCUT2D eigenvalue weighted by molar-refractivity contribution is -0.121. The second-order valence-corrected chi connectivity index (χ2v) is 12.1. The van der Waals surface area contributed by atoms with Crippen molar-refractivity contribution in [1.29, 1.82) is 0 Å². The minimum atomic E-state index is -0.784. The van der Waals surface area contributed by atoms with Crippen LogP contribution in [0.3, 0.4) is 0 Å². The van der Waals surface area contributed by atoms with E-state index in [0.29, 0.717) is 27.3 Å². The van der Waals surface area contributed by atoms with Gasteiger partial charge in [-0.25, -0.2) is 4.39 Å². The number of nitrogens with one attached hydrogen (secondary N) is 1. The average molecular weight is 603 g/mol. The molecule has 6 nitrogen and oxygen atoms in total. The number of rotatable bonds is 7. The first kappa shape index (κ1) is 29.4. The molecule has 0 aliphatic carbocycles. The Hall–Kier alpha value is -4.08. The van der Waals surface area contributed by atoms with Crippen molar-refractivity contribution in [3.8, 4) is 28.4 Å². The van der Waals surface area contributed by atoms with E-state index < -0.39 is 5.54 Å². The topological polar surface area (TPSA) is 60.0 Å².